The van der Waals surface area contributed by atoms with Gasteiger partial charge in [0.25, 0.3) is 0 Å². The number of amides is 1. The monoisotopic (exact) mass is 322 g/mol. The van der Waals surface area contributed by atoms with E-state index in [2.05, 4.69) is 5.32 Å². The van der Waals surface area contributed by atoms with Crippen molar-refractivity contribution in [2.75, 3.05) is 32.6 Å². The fourth-order valence-corrected chi connectivity index (χ4v) is 2.51. The van der Waals surface area contributed by atoms with E-state index in [1.807, 2.05) is 39.0 Å². The number of methoxy groups -OCH3 is 2. The molecule has 1 aromatic rings. The normalized spacial score (nSPS) is 17.8. The molecule has 1 heterocycles. The number of likely N-dealkylation sites (tertiary alicyclic amines) is 1. The number of nitrogens with zero attached hydrogens (tertiary/aromatic N) is 1. The average molecular weight is 322 g/mol. The molecule has 128 valence electrons. The molecule has 0 saturated carbocycles. The Balaban J connectivity index is 1.97. The van der Waals surface area contributed by atoms with Gasteiger partial charge in [-0.2, -0.15) is 0 Å². The fourth-order valence-electron chi connectivity index (χ4n) is 2.51. The molecule has 0 bridgehead atoms. The van der Waals surface area contributed by atoms with Gasteiger partial charge >= 0.3 is 6.09 Å². The third-order valence-electron chi connectivity index (χ3n) is 3.61. The SMILES string of the molecule is COc1ccc(NC2CCN(C(=O)OC(C)(C)C)C2)c(OC)c1. The van der Waals surface area contributed by atoms with Crippen LogP contribution in [0.2, 0.25) is 0 Å². The molecule has 0 radical (unpaired) electrons. The van der Waals surface area contributed by atoms with Gasteiger partial charge in [-0.15, -0.1) is 0 Å². The van der Waals surface area contributed by atoms with Crippen LogP contribution in [0.3, 0.4) is 0 Å². The standard InChI is InChI=1S/C17H26N2O4/c1-17(2,3)23-16(20)19-9-8-12(11-19)18-14-7-6-13(21-4)10-15(14)22-5/h6-7,10,12,18H,8-9,11H2,1-5H3. The van der Waals surface area contributed by atoms with Gasteiger partial charge in [-0.05, 0) is 39.3 Å². The maximum absolute atomic E-state index is 12.1. The minimum absolute atomic E-state index is 0.171. The number of benzene rings is 1. The molecular weight excluding hydrogens is 296 g/mol. The van der Waals surface area contributed by atoms with Crippen LogP contribution in [0.15, 0.2) is 18.2 Å². The molecule has 6 heteroatoms. The van der Waals surface area contributed by atoms with E-state index in [9.17, 15) is 4.79 Å². The predicted octanol–water partition coefficient (Wildman–Crippen LogP) is 3.13. The molecule has 2 rings (SSSR count). The topological polar surface area (TPSA) is 60.0 Å². The van der Waals surface area contributed by atoms with Gasteiger partial charge in [-0.3, -0.25) is 0 Å². The number of ether oxygens (including phenoxy) is 3. The van der Waals surface area contributed by atoms with Crippen molar-refractivity contribution >= 4 is 11.8 Å². The van der Waals surface area contributed by atoms with Crippen molar-refractivity contribution in [2.45, 2.75) is 38.8 Å². The summed E-state index contributed by atoms with van der Waals surface area (Å²) >= 11 is 0. The summed E-state index contributed by atoms with van der Waals surface area (Å²) in [6.45, 7) is 6.92. The van der Waals surface area contributed by atoms with Crippen molar-refractivity contribution in [3.05, 3.63) is 18.2 Å². The molecule has 1 aliphatic rings. The van der Waals surface area contributed by atoms with Gasteiger partial charge in [0, 0.05) is 25.2 Å². The highest BCUT2D eigenvalue weighted by Gasteiger charge is 2.30. The van der Waals surface area contributed by atoms with Crippen molar-refractivity contribution in [1.29, 1.82) is 0 Å². The number of anilines is 1. The number of carbonyl (C=O) groups excluding carboxylic acids is 1. The maximum atomic E-state index is 12.1. The van der Waals surface area contributed by atoms with Crippen molar-refractivity contribution in [2.24, 2.45) is 0 Å². The van der Waals surface area contributed by atoms with E-state index in [0.717, 1.165) is 23.6 Å². The number of nitrogens with one attached hydrogen (secondary N) is 1. The lowest BCUT2D eigenvalue weighted by molar-refractivity contribution is 0.0293. The van der Waals surface area contributed by atoms with Crippen molar-refractivity contribution < 1.29 is 19.0 Å². The minimum Gasteiger partial charge on any atom is -0.497 e. The molecule has 1 N–H and O–H groups in total. The lowest BCUT2D eigenvalue weighted by Crippen LogP contribution is -2.36. The van der Waals surface area contributed by atoms with E-state index < -0.39 is 5.60 Å². The Labute approximate surface area is 137 Å². The lowest BCUT2D eigenvalue weighted by atomic mass is 10.2. The third-order valence-corrected chi connectivity index (χ3v) is 3.61. The quantitative estimate of drug-likeness (QED) is 0.923. The first-order chi connectivity index (χ1) is 10.8. The summed E-state index contributed by atoms with van der Waals surface area (Å²) in [7, 11) is 3.25. The molecule has 1 fully saturated rings. The van der Waals surface area contributed by atoms with Crippen molar-refractivity contribution in [3.8, 4) is 11.5 Å². The first-order valence-corrected chi connectivity index (χ1v) is 7.79. The highest BCUT2D eigenvalue weighted by molar-refractivity contribution is 5.69. The van der Waals surface area contributed by atoms with Gasteiger partial charge in [0.2, 0.25) is 0 Å². The predicted molar refractivity (Wildman–Crippen MR) is 89.4 cm³/mol. The molecule has 1 atom stereocenters. The van der Waals surface area contributed by atoms with Crippen molar-refractivity contribution in [3.63, 3.8) is 0 Å². The Hall–Kier alpha value is -2.11. The summed E-state index contributed by atoms with van der Waals surface area (Å²) in [6, 6.07) is 5.81. The smallest absolute Gasteiger partial charge is 0.410 e. The highest BCUT2D eigenvalue weighted by atomic mass is 16.6. The van der Waals surface area contributed by atoms with Crippen LogP contribution in [0.1, 0.15) is 27.2 Å². The molecule has 0 spiro atoms. The zero-order valence-electron chi connectivity index (χ0n) is 14.5. The molecule has 1 unspecified atom stereocenters. The number of rotatable bonds is 4. The van der Waals surface area contributed by atoms with Gasteiger partial charge in [0.1, 0.15) is 17.1 Å². The van der Waals surface area contributed by atoms with E-state index in [1.54, 1.807) is 19.1 Å². The second-order valence-corrected chi connectivity index (χ2v) is 6.62. The van der Waals surface area contributed by atoms with Crippen molar-refractivity contribution in [1.82, 2.24) is 4.90 Å². The summed E-state index contributed by atoms with van der Waals surface area (Å²) in [5.41, 5.74) is 0.422. The average Bonchev–Trinajstić information content (AvgIpc) is 2.94. The van der Waals surface area contributed by atoms with Crippen LogP contribution < -0.4 is 14.8 Å². The minimum atomic E-state index is -0.470. The number of carbonyl (C=O) groups is 1. The summed E-state index contributed by atoms with van der Waals surface area (Å²) in [5, 5.41) is 3.43. The lowest BCUT2D eigenvalue weighted by Gasteiger charge is -2.24. The molecule has 0 aromatic heterocycles. The van der Waals surface area contributed by atoms with Gasteiger partial charge in [-0.1, -0.05) is 0 Å². The van der Waals surface area contributed by atoms with E-state index >= 15 is 0 Å². The second kappa shape index (κ2) is 6.98. The highest BCUT2D eigenvalue weighted by Crippen LogP contribution is 2.30. The fraction of sp³-hybridized carbons (Fsp3) is 0.588. The number of hydrogen-bond acceptors (Lipinski definition) is 5. The molecule has 6 nitrogen and oxygen atoms in total. The Morgan fingerprint density at radius 1 is 1.26 bits per heavy atom. The van der Waals surface area contributed by atoms with E-state index in [0.29, 0.717) is 13.1 Å². The Kier molecular flexibility index (Phi) is 5.23. The molecule has 23 heavy (non-hydrogen) atoms. The van der Waals surface area contributed by atoms with Crippen LogP contribution in [-0.2, 0) is 4.74 Å². The number of hydrogen-bond donors (Lipinski definition) is 1. The molecular formula is C17H26N2O4. The summed E-state index contributed by atoms with van der Waals surface area (Å²) in [5.74, 6) is 1.47. The summed E-state index contributed by atoms with van der Waals surface area (Å²) in [4.78, 5) is 13.8. The van der Waals surface area contributed by atoms with Crippen LogP contribution in [0, 0.1) is 0 Å². The van der Waals surface area contributed by atoms with Crippen LogP contribution in [0.4, 0.5) is 10.5 Å². The van der Waals surface area contributed by atoms with Gasteiger partial charge in [-0.25, -0.2) is 4.79 Å². The van der Waals surface area contributed by atoms with Crippen LogP contribution in [0.25, 0.3) is 0 Å². The Morgan fingerprint density at radius 3 is 2.61 bits per heavy atom. The van der Waals surface area contributed by atoms with Gasteiger partial charge in [0.05, 0.1) is 19.9 Å². The third kappa shape index (κ3) is 4.68. The first-order valence-electron chi connectivity index (χ1n) is 7.79. The molecule has 0 aliphatic carbocycles. The Morgan fingerprint density at radius 2 is 2.00 bits per heavy atom. The Bertz CT molecular complexity index is 554. The summed E-state index contributed by atoms with van der Waals surface area (Å²) < 4.78 is 16.0. The zero-order chi connectivity index (χ0) is 17.0. The second-order valence-electron chi connectivity index (χ2n) is 6.62. The van der Waals surface area contributed by atoms with Crippen LogP contribution in [-0.4, -0.2) is 49.9 Å². The van der Waals surface area contributed by atoms with Gasteiger partial charge in [0.15, 0.2) is 0 Å². The van der Waals surface area contributed by atoms with Crippen LogP contribution in [0.5, 0.6) is 11.5 Å². The van der Waals surface area contributed by atoms with E-state index in [4.69, 9.17) is 14.2 Å². The zero-order valence-corrected chi connectivity index (χ0v) is 14.5. The van der Waals surface area contributed by atoms with Gasteiger partial charge < -0.3 is 24.4 Å². The molecule has 1 aromatic carbocycles. The summed E-state index contributed by atoms with van der Waals surface area (Å²) in [6.07, 6.45) is 0.609. The van der Waals surface area contributed by atoms with E-state index in [1.165, 1.54) is 0 Å². The largest absolute Gasteiger partial charge is 0.497 e. The molecule has 1 saturated heterocycles. The molecule has 1 aliphatic heterocycles. The molecule has 1 amide bonds. The van der Waals surface area contributed by atoms with E-state index in [-0.39, 0.29) is 12.1 Å². The first kappa shape index (κ1) is 17.2. The van der Waals surface area contributed by atoms with Crippen LogP contribution >= 0.6 is 0 Å². The maximum Gasteiger partial charge on any atom is 0.410 e.